The molecule has 1 aromatic carbocycles. The second-order valence-electron chi connectivity index (χ2n) is 4.47. The largest absolute Gasteiger partial charge is 0.479 e. The summed E-state index contributed by atoms with van der Waals surface area (Å²) in [6.07, 6.45) is 0.804. The summed E-state index contributed by atoms with van der Waals surface area (Å²) in [7, 11) is 0. The molecule has 0 heterocycles. The summed E-state index contributed by atoms with van der Waals surface area (Å²) in [5.41, 5.74) is 6.11. The van der Waals surface area contributed by atoms with Crippen molar-refractivity contribution in [3.8, 4) is 5.75 Å². The number of nitrogens with one attached hydrogen (secondary N) is 1. The molecule has 1 atom stereocenters. The Kier molecular flexibility index (Phi) is 7.13. The molecule has 112 valence electrons. The van der Waals surface area contributed by atoms with Gasteiger partial charge in [-0.15, -0.1) is 0 Å². The molecule has 0 saturated carbocycles. The van der Waals surface area contributed by atoms with Crippen LogP contribution in [-0.4, -0.2) is 18.6 Å². The van der Waals surface area contributed by atoms with Crippen LogP contribution in [-0.2, 0) is 11.3 Å². The van der Waals surface area contributed by atoms with Crippen LogP contribution >= 0.6 is 23.2 Å². The van der Waals surface area contributed by atoms with E-state index >= 15 is 0 Å². The van der Waals surface area contributed by atoms with Crippen LogP contribution in [0, 0.1) is 0 Å². The van der Waals surface area contributed by atoms with Crippen LogP contribution in [0.1, 0.15) is 32.3 Å². The van der Waals surface area contributed by atoms with Crippen molar-refractivity contribution in [3.05, 3.63) is 27.7 Å². The van der Waals surface area contributed by atoms with Crippen molar-refractivity contribution in [3.63, 3.8) is 0 Å². The standard InChI is InChI=1S/C14H20Cl2N2O2/c1-3-5-18-8-9-6-10(15)7-11(16)13(9)20-12(4-2)14(17)19/h6-7,12,18H,3-5,8H2,1-2H3,(H2,17,19). The summed E-state index contributed by atoms with van der Waals surface area (Å²) >= 11 is 12.2. The molecule has 0 aromatic heterocycles. The second kappa shape index (κ2) is 8.35. The maximum atomic E-state index is 11.3. The van der Waals surface area contributed by atoms with Gasteiger partial charge in [0.2, 0.25) is 0 Å². The highest BCUT2D eigenvalue weighted by atomic mass is 35.5. The second-order valence-corrected chi connectivity index (χ2v) is 5.31. The Hall–Kier alpha value is -0.970. The quantitative estimate of drug-likeness (QED) is 0.724. The lowest BCUT2D eigenvalue weighted by Gasteiger charge is -2.19. The Bertz CT molecular complexity index is 467. The summed E-state index contributed by atoms with van der Waals surface area (Å²) in [6.45, 7) is 5.35. The molecule has 4 nitrogen and oxygen atoms in total. The fourth-order valence-corrected chi connectivity index (χ4v) is 2.34. The molecule has 0 bridgehead atoms. The molecule has 6 heteroatoms. The maximum absolute atomic E-state index is 11.3. The smallest absolute Gasteiger partial charge is 0.258 e. The van der Waals surface area contributed by atoms with E-state index in [4.69, 9.17) is 33.7 Å². The maximum Gasteiger partial charge on any atom is 0.258 e. The summed E-state index contributed by atoms with van der Waals surface area (Å²) < 4.78 is 5.67. The minimum atomic E-state index is -0.696. The molecular weight excluding hydrogens is 299 g/mol. The van der Waals surface area contributed by atoms with Crippen LogP contribution in [0.3, 0.4) is 0 Å². The normalized spacial score (nSPS) is 12.2. The fourth-order valence-electron chi connectivity index (χ4n) is 1.76. The van der Waals surface area contributed by atoms with Gasteiger partial charge in [-0.3, -0.25) is 4.79 Å². The van der Waals surface area contributed by atoms with Gasteiger partial charge in [-0.25, -0.2) is 0 Å². The van der Waals surface area contributed by atoms with E-state index in [1.807, 2.05) is 6.92 Å². The molecule has 0 aliphatic rings. The van der Waals surface area contributed by atoms with E-state index in [1.54, 1.807) is 12.1 Å². The van der Waals surface area contributed by atoms with E-state index in [0.29, 0.717) is 28.8 Å². The Balaban J connectivity index is 2.99. The lowest BCUT2D eigenvalue weighted by atomic mass is 10.2. The van der Waals surface area contributed by atoms with Gasteiger partial charge in [-0.2, -0.15) is 0 Å². The van der Waals surface area contributed by atoms with Gasteiger partial charge in [0.05, 0.1) is 5.02 Å². The first kappa shape index (κ1) is 17.1. The van der Waals surface area contributed by atoms with Crippen LogP contribution < -0.4 is 15.8 Å². The van der Waals surface area contributed by atoms with Gasteiger partial charge in [0, 0.05) is 17.1 Å². The number of rotatable bonds is 8. The van der Waals surface area contributed by atoms with Crippen molar-refractivity contribution >= 4 is 29.1 Å². The number of hydrogen-bond donors (Lipinski definition) is 2. The van der Waals surface area contributed by atoms with Crippen molar-refractivity contribution in [1.29, 1.82) is 0 Å². The van der Waals surface area contributed by atoms with Gasteiger partial charge in [-0.05, 0) is 31.5 Å². The molecule has 0 saturated heterocycles. The van der Waals surface area contributed by atoms with E-state index < -0.39 is 12.0 Å². The monoisotopic (exact) mass is 318 g/mol. The molecule has 0 radical (unpaired) electrons. The topological polar surface area (TPSA) is 64.3 Å². The molecular formula is C14H20Cl2N2O2. The van der Waals surface area contributed by atoms with Gasteiger partial charge in [-0.1, -0.05) is 37.0 Å². The number of primary amides is 1. The third kappa shape index (κ3) is 4.85. The molecule has 3 N–H and O–H groups in total. The predicted molar refractivity (Wildman–Crippen MR) is 82.4 cm³/mol. The minimum Gasteiger partial charge on any atom is -0.479 e. The molecule has 1 rings (SSSR count). The number of benzene rings is 1. The van der Waals surface area contributed by atoms with E-state index in [0.717, 1.165) is 18.5 Å². The molecule has 0 aliphatic heterocycles. The third-order valence-electron chi connectivity index (χ3n) is 2.78. The first-order valence-electron chi connectivity index (χ1n) is 6.64. The summed E-state index contributed by atoms with van der Waals surface area (Å²) in [5.74, 6) is -0.0451. The van der Waals surface area contributed by atoms with Crippen molar-refractivity contribution in [2.45, 2.75) is 39.3 Å². The van der Waals surface area contributed by atoms with Gasteiger partial charge in [0.1, 0.15) is 5.75 Å². The Labute approximate surface area is 129 Å². The van der Waals surface area contributed by atoms with Crippen LogP contribution in [0.25, 0.3) is 0 Å². The zero-order valence-electron chi connectivity index (χ0n) is 11.7. The molecule has 1 unspecified atom stereocenters. The van der Waals surface area contributed by atoms with Crippen molar-refractivity contribution in [2.24, 2.45) is 5.73 Å². The number of ether oxygens (including phenoxy) is 1. The summed E-state index contributed by atoms with van der Waals surface area (Å²) in [6, 6.07) is 3.37. The van der Waals surface area contributed by atoms with Crippen LogP contribution in [0.2, 0.25) is 10.0 Å². The van der Waals surface area contributed by atoms with Gasteiger partial charge >= 0.3 is 0 Å². The predicted octanol–water partition coefficient (Wildman–Crippen LogP) is 3.14. The number of carbonyl (C=O) groups is 1. The van der Waals surface area contributed by atoms with Crippen LogP contribution in [0.4, 0.5) is 0 Å². The third-order valence-corrected chi connectivity index (χ3v) is 3.27. The van der Waals surface area contributed by atoms with Crippen LogP contribution in [0.5, 0.6) is 5.75 Å². The molecule has 0 aliphatic carbocycles. The number of halogens is 2. The molecule has 1 amide bonds. The zero-order chi connectivity index (χ0) is 15.1. The SMILES string of the molecule is CCCNCc1cc(Cl)cc(Cl)c1OC(CC)C(N)=O. The first-order valence-corrected chi connectivity index (χ1v) is 7.39. The number of hydrogen-bond acceptors (Lipinski definition) is 3. The lowest BCUT2D eigenvalue weighted by molar-refractivity contribution is -0.124. The van der Waals surface area contributed by atoms with Gasteiger partial charge in [0.15, 0.2) is 6.10 Å². The van der Waals surface area contributed by atoms with Gasteiger partial charge in [0.25, 0.3) is 5.91 Å². The van der Waals surface area contributed by atoms with E-state index in [2.05, 4.69) is 12.2 Å². The van der Waals surface area contributed by atoms with Crippen molar-refractivity contribution < 1.29 is 9.53 Å². The zero-order valence-corrected chi connectivity index (χ0v) is 13.2. The highest BCUT2D eigenvalue weighted by Gasteiger charge is 2.19. The Morgan fingerprint density at radius 3 is 2.65 bits per heavy atom. The highest BCUT2D eigenvalue weighted by Crippen LogP contribution is 2.33. The van der Waals surface area contributed by atoms with Crippen molar-refractivity contribution in [1.82, 2.24) is 5.32 Å². The average Bonchev–Trinajstić information content (AvgIpc) is 2.37. The summed E-state index contributed by atoms with van der Waals surface area (Å²) in [5, 5.41) is 4.16. The molecule has 0 fully saturated rings. The Morgan fingerprint density at radius 1 is 1.40 bits per heavy atom. The molecule has 0 spiro atoms. The van der Waals surface area contributed by atoms with E-state index in [-0.39, 0.29) is 0 Å². The lowest BCUT2D eigenvalue weighted by Crippen LogP contribution is -2.33. The summed E-state index contributed by atoms with van der Waals surface area (Å²) in [4.78, 5) is 11.3. The fraction of sp³-hybridized carbons (Fsp3) is 0.500. The van der Waals surface area contributed by atoms with Crippen LogP contribution in [0.15, 0.2) is 12.1 Å². The highest BCUT2D eigenvalue weighted by molar-refractivity contribution is 6.35. The number of nitrogens with two attached hydrogens (primary N) is 1. The van der Waals surface area contributed by atoms with Gasteiger partial charge < -0.3 is 15.8 Å². The van der Waals surface area contributed by atoms with E-state index in [9.17, 15) is 4.79 Å². The van der Waals surface area contributed by atoms with E-state index in [1.165, 1.54) is 0 Å². The minimum absolute atomic E-state index is 0.380. The number of carbonyl (C=O) groups excluding carboxylic acids is 1. The number of amides is 1. The molecule has 1 aromatic rings. The first-order chi connectivity index (χ1) is 9.49. The van der Waals surface area contributed by atoms with Crippen molar-refractivity contribution in [2.75, 3.05) is 6.54 Å². The molecule has 20 heavy (non-hydrogen) atoms. The average molecular weight is 319 g/mol. The Morgan fingerprint density at radius 2 is 2.10 bits per heavy atom.